The minimum absolute atomic E-state index is 0. The molecule has 0 saturated heterocycles. The van der Waals surface area contributed by atoms with Gasteiger partial charge in [-0.3, -0.25) is 4.79 Å². The highest BCUT2D eigenvalue weighted by molar-refractivity contribution is 14.0. The first-order chi connectivity index (χ1) is 9.76. The fourth-order valence-corrected chi connectivity index (χ4v) is 2.20. The molecule has 21 heavy (non-hydrogen) atoms. The van der Waals surface area contributed by atoms with E-state index in [1.54, 1.807) is 11.3 Å². The molecule has 3 N–H and O–H groups in total. The molecular formula is C14H25IN4OS. The average Bonchev–Trinajstić information content (AvgIpc) is 2.95. The van der Waals surface area contributed by atoms with Crippen molar-refractivity contribution in [3.05, 3.63) is 22.4 Å². The molecule has 5 nitrogen and oxygen atoms in total. The number of hydrogen-bond donors (Lipinski definition) is 3. The Morgan fingerprint density at radius 1 is 1.24 bits per heavy atom. The second-order valence-corrected chi connectivity index (χ2v) is 5.13. The second kappa shape index (κ2) is 12.9. The maximum absolute atomic E-state index is 11.5. The van der Waals surface area contributed by atoms with Crippen LogP contribution in [0.25, 0.3) is 0 Å². The molecule has 7 heteroatoms. The number of nitrogens with zero attached hydrogens (tertiary/aromatic N) is 1. The van der Waals surface area contributed by atoms with Gasteiger partial charge in [-0.1, -0.05) is 6.92 Å². The summed E-state index contributed by atoms with van der Waals surface area (Å²) in [6.45, 7) is 6.85. The minimum atomic E-state index is 0. The third kappa shape index (κ3) is 9.67. The molecule has 0 bridgehead atoms. The Morgan fingerprint density at radius 2 is 2.05 bits per heavy atom. The monoisotopic (exact) mass is 424 g/mol. The van der Waals surface area contributed by atoms with Gasteiger partial charge in [0, 0.05) is 26.1 Å². The molecule has 1 amide bonds. The summed E-state index contributed by atoms with van der Waals surface area (Å²) < 4.78 is 0. The lowest BCUT2D eigenvalue weighted by Crippen LogP contribution is -2.39. The third-order valence-corrected chi connectivity index (χ3v) is 3.29. The van der Waals surface area contributed by atoms with Crippen LogP contribution >= 0.6 is 35.3 Å². The standard InChI is InChI=1S/C14H24N4OS.HI/c1-3-7-16-13(19)5-8-17-14(15-4-2)18-10-12-6-9-20-11-12;/h6,9,11H,3-5,7-8,10H2,1-2H3,(H,16,19)(H2,15,17,18);1H. The molecule has 1 aromatic heterocycles. The molecule has 0 atom stereocenters. The van der Waals surface area contributed by atoms with Gasteiger partial charge in [0.05, 0.1) is 6.54 Å². The number of aliphatic imine (C=N–C) groups is 1. The number of carbonyl (C=O) groups is 1. The van der Waals surface area contributed by atoms with E-state index < -0.39 is 0 Å². The van der Waals surface area contributed by atoms with Crippen LogP contribution in [0.1, 0.15) is 32.3 Å². The van der Waals surface area contributed by atoms with Gasteiger partial charge in [-0.2, -0.15) is 11.3 Å². The maximum Gasteiger partial charge on any atom is 0.221 e. The first-order valence-electron chi connectivity index (χ1n) is 7.06. The molecule has 0 spiro atoms. The zero-order valence-electron chi connectivity index (χ0n) is 12.6. The Bertz CT molecular complexity index is 409. The number of halogens is 1. The van der Waals surface area contributed by atoms with Crippen molar-refractivity contribution < 1.29 is 4.79 Å². The lowest BCUT2D eigenvalue weighted by atomic mass is 10.3. The molecule has 120 valence electrons. The highest BCUT2D eigenvalue weighted by Crippen LogP contribution is 2.06. The van der Waals surface area contributed by atoms with Crippen LogP contribution in [0.3, 0.4) is 0 Å². The molecule has 1 rings (SSSR count). The molecule has 0 unspecified atom stereocenters. The lowest BCUT2D eigenvalue weighted by molar-refractivity contribution is -0.120. The van der Waals surface area contributed by atoms with Crippen molar-refractivity contribution in [3.8, 4) is 0 Å². The summed E-state index contributed by atoms with van der Waals surface area (Å²) in [6.07, 6.45) is 1.42. The molecule has 0 aromatic carbocycles. The zero-order chi connectivity index (χ0) is 14.6. The predicted octanol–water partition coefficient (Wildman–Crippen LogP) is 2.34. The Hall–Kier alpha value is -0.830. The Kier molecular flexibility index (Phi) is 12.4. The van der Waals surface area contributed by atoms with E-state index in [2.05, 4.69) is 32.4 Å². The van der Waals surface area contributed by atoms with Gasteiger partial charge in [0.2, 0.25) is 5.91 Å². The van der Waals surface area contributed by atoms with Gasteiger partial charge in [-0.25, -0.2) is 4.99 Å². The Balaban J connectivity index is 0.00000400. The maximum atomic E-state index is 11.5. The fraction of sp³-hybridized carbons (Fsp3) is 0.571. The van der Waals surface area contributed by atoms with E-state index in [0.717, 1.165) is 25.5 Å². The lowest BCUT2D eigenvalue weighted by Gasteiger charge is -2.11. The fourth-order valence-electron chi connectivity index (χ4n) is 1.54. The van der Waals surface area contributed by atoms with Gasteiger partial charge >= 0.3 is 0 Å². The quantitative estimate of drug-likeness (QED) is 0.341. The largest absolute Gasteiger partial charge is 0.357 e. The molecule has 1 heterocycles. The van der Waals surface area contributed by atoms with Crippen LogP contribution in [0.5, 0.6) is 0 Å². The molecule has 1 aromatic rings. The van der Waals surface area contributed by atoms with Crippen LogP contribution in [-0.2, 0) is 11.3 Å². The van der Waals surface area contributed by atoms with E-state index in [-0.39, 0.29) is 29.9 Å². The van der Waals surface area contributed by atoms with Crippen molar-refractivity contribution in [2.75, 3.05) is 19.6 Å². The van der Waals surface area contributed by atoms with Crippen LogP contribution in [-0.4, -0.2) is 31.5 Å². The van der Waals surface area contributed by atoms with E-state index in [1.807, 2.05) is 19.2 Å². The zero-order valence-corrected chi connectivity index (χ0v) is 15.8. The van der Waals surface area contributed by atoms with Crippen LogP contribution in [0, 0.1) is 0 Å². The number of nitrogens with one attached hydrogen (secondary N) is 3. The summed E-state index contributed by atoms with van der Waals surface area (Å²) in [7, 11) is 0. The number of hydrogen-bond acceptors (Lipinski definition) is 3. The van der Waals surface area contributed by atoms with Crippen molar-refractivity contribution in [1.29, 1.82) is 0 Å². The van der Waals surface area contributed by atoms with Crippen LogP contribution in [0.2, 0.25) is 0 Å². The Labute approximate surface area is 148 Å². The van der Waals surface area contributed by atoms with Crippen molar-refractivity contribution in [3.63, 3.8) is 0 Å². The van der Waals surface area contributed by atoms with E-state index >= 15 is 0 Å². The summed E-state index contributed by atoms with van der Waals surface area (Å²) in [4.78, 5) is 16.0. The van der Waals surface area contributed by atoms with Crippen molar-refractivity contribution in [2.45, 2.75) is 33.2 Å². The summed E-state index contributed by atoms with van der Waals surface area (Å²) in [5.74, 6) is 0.829. The number of carbonyl (C=O) groups excluding carboxylic acids is 1. The van der Waals surface area contributed by atoms with Gasteiger partial charge in [0.15, 0.2) is 5.96 Å². The Morgan fingerprint density at radius 3 is 2.67 bits per heavy atom. The summed E-state index contributed by atoms with van der Waals surface area (Å²) in [5, 5.41) is 13.3. The number of thiophene rings is 1. The van der Waals surface area contributed by atoms with E-state index in [9.17, 15) is 4.79 Å². The van der Waals surface area contributed by atoms with Gasteiger partial charge in [0.25, 0.3) is 0 Å². The van der Waals surface area contributed by atoms with Crippen LogP contribution < -0.4 is 16.0 Å². The average molecular weight is 424 g/mol. The second-order valence-electron chi connectivity index (χ2n) is 4.35. The SMILES string of the molecule is CCCNC(=O)CCNC(=NCc1ccsc1)NCC.I. The summed E-state index contributed by atoms with van der Waals surface area (Å²) >= 11 is 1.67. The highest BCUT2D eigenvalue weighted by atomic mass is 127. The van der Waals surface area contributed by atoms with Gasteiger partial charge in [0.1, 0.15) is 0 Å². The molecule has 0 aliphatic heterocycles. The number of amides is 1. The van der Waals surface area contributed by atoms with Crippen molar-refractivity contribution >= 4 is 47.2 Å². The minimum Gasteiger partial charge on any atom is -0.357 e. The first-order valence-corrected chi connectivity index (χ1v) is 8.00. The normalized spacial score (nSPS) is 10.7. The van der Waals surface area contributed by atoms with Crippen LogP contribution in [0.4, 0.5) is 0 Å². The number of guanidine groups is 1. The highest BCUT2D eigenvalue weighted by Gasteiger charge is 2.01. The summed E-state index contributed by atoms with van der Waals surface area (Å²) in [6, 6.07) is 2.07. The topological polar surface area (TPSA) is 65.5 Å². The van der Waals surface area contributed by atoms with E-state index in [4.69, 9.17) is 0 Å². The molecule has 0 fully saturated rings. The molecule has 0 aliphatic rings. The van der Waals surface area contributed by atoms with E-state index in [0.29, 0.717) is 19.5 Å². The molecule has 0 aliphatic carbocycles. The smallest absolute Gasteiger partial charge is 0.221 e. The summed E-state index contributed by atoms with van der Waals surface area (Å²) in [5.41, 5.74) is 1.20. The first kappa shape index (κ1) is 20.2. The van der Waals surface area contributed by atoms with Gasteiger partial charge in [-0.15, -0.1) is 24.0 Å². The van der Waals surface area contributed by atoms with Gasteiger partial charge < -0.3 is 16.0 Å². The number of rotatable bonds is 8. The third-order valence-electron chi connectivity index (χ3n) is 2.56. The van der Waals surface area contributed by atoms with E-state index in [1.165, 1.54) is 5.56 Å². The molecular weight excluding hydrogens is 399 g/mol. The molecule has 0 saturated carbocycles. The van der Waals surface area contributed by atoms with Gasteiger partial charge in [-0.05, 0) is 35.7 Å². The van der Waals surface area contributed by atoms with Crippen molar-refractivity contribution in [1.82, 2.24) is 16.0 Å². The van der Waals surface area contributed by atoms with Crippen molar-refractivity contribution in [2.24, 2.45) is 4.99 Å². The predicted molar refractivity (Wildman–Crippen MR) is 100 cm³/mol. The van der Waals surface area contributed by atoms with Crippen LogP contribution in [0.15, 0.2) is 21.8 Å². The molecule has 0 radical (unpaired) electrons.